The molecule has 8 heteroatoms. The van der Waals surface area contributed by atoms with Crippen molar-refractivity contribution in [3.8, 4) is 0 Å². The van der Waals surface area contributed by atoms with Crippen molar-refractivity contribution in [3.05, 3.63) is 146 Å². The van der Waals surface area contributed by atoms with Crippen molar-refractivity contribution in [2.24, 2.45) is 0 Å². The minimum Gasteiger partial charge on any atom is -0.399 e. The molecule has 9 rings (SSSR count). The van der Waals surface area contributed by atoms with Crippen molar-refractivity contribution >= 4 is 100 Å². The van der Waals surface area contributed by atoms with Crippen LogP contribution in [0.25, 0.3) is 43.6 Å². The predicted octanol–water partition coefficient (Wildman–Crippen LogP) is 12.7. The van der Waals surface area contributed by atoms with Gasteiger partial charge in [-0.1, -0.05) is 13.8 Å². The minimum absolute atomic E-state index is 0.760. The summed E-state index contributed by atoms with van der Waals surface area (Å²) < 4.78 is 2.40. The van der Waals surface area contributed by atoms with Gasteiger partial charge in [0, 0.05) is 135 Å². The Hall–Kier alpha value is -7.06. The van der Waals surface area contributed by atoms with Gasteiger partial charge < -0.3 is 40.6 Å². The quantitative estimate of drug-likeness (QED) is 0.127. The number of rotatable bonds is 9. The molecule has 2 heterocycles. The van der Waals surface area contributed by atoms with E-state index in [9.17, 15) is 0 Å². The minimum atomic E-state index is 0.760. The van der Waals surface area contributed by atoms with Crippen LogP contribution in [0.15, 0.2) is 146 Å². The molecule has 0 saturated carbocycles. The summed E-state index contributed by atoms with van der Waals surface area (Å²) in [5.74, 6) is 0. The van der Waals surface area contributed by atoms with E-state index in [1.807, 2.05) is 38.1 Å². The molecule has 0 aliphatic carbocycles. The normalized spacial score (nSPS) is 11.2. The number of aromatic nitrogens is 2. The highest BCUT2D eigenvalue weighted by atomic mass is 15.1. The molecule has 0 aliphatic rings. The fourth-order valence-corrected chi connectivity index (χ4v) is 8.02. The molecule has 0 atom stereocenters. The van der Waals surface area contributed by atoms with Crippen molar-refractivity contribution in [1.82, 2.24) is 9.55 Å². The summed E-state index contributed by atoms with van der Waals surface area (Å²) in [6.07, 6.45) is 0. The van der Waals surface area contributed by atoms with Gasteiger partial charge >= 0.3 is 0 Å². The van der Waals surface area contributed by atoms with E-state index in [4.69, 9.17) is 11.5 Å². The number of nitrogens with two attached hydrogens (primary N) is 2. The second-order valence-electron chi connectivity index (χ2n) is 14.7. The molecule has 0 fully saturated rings. The third-order valence-electron chi connectivity index (χ3n) is 11.4. The van der Waals surface area contributed by atoms with E-state index in [1.165, 1.54) is 32.6 Å². The molecule has 0 amide bonds. The molecule has 9 aromatic rings. The van der Waals surface area contributed by atoms with E-state index in [2.05, 4.69) is 186 Å². The van der Waals surface area contributed by atoms with Crippen LogP contribution in [0.5, 0.6) is 0 Å². The SMILES string of the molecule is CC.CCn1c2ccc(N(C)c3ccc(N)cc3)cc2c2cc(N(C)c3ccc(N(C)c4ccc5[nH]c6ccc(N(C)c7ccc(N)cc7)cc6c5c4)cc3)ccc21. The highest BCUT2D eigenvalue weighted by molar-refractivity contribution is 6.11. The average molecular weight is 765 g/mol. The van der Waals surface area contributed by atoms with Gasteiger partial charge in [0.2, 0.25) is 0 Å². The third kappa shape index (κ3) is 6.77. The van der Waals surface area contributed by atoms with Gasteiger partial charge in [0.25, 0.3) is 0 Å². The molecule has 5 N–H and O–H groups in total. The number of anilines is 10. The zero-order valence-corrected chi connectivity index (χ0v) is 34.5. The van der Waals surface area contributed by atoms with Crippen LogP contribution < -0.4 is 31.1 Å². The molecule has 8 nitrogen and oxygen atoms in total. The van der Waals surface area contributed by atoms with Gasteiger partial charge in [-0.05, 0) is 153 Å². The third-order valence-corrected chi connectivity index (χ3v) is 11.4. The molecule has 7 aromatic carbocycles. The zero-order chi connectivity index (χ0) is 40.7. The molecule has 2 aromatic heterocycles. The Morgan fingerprint density at radius 1 is 0.397 bits per heavy atom. The lowest BCUT2D eigenvalue weighted by Crippen LogP contribution is -2.11. The molecule has 0 spiro atoms. The molecular formula is C50H52N8. The summed E-state index contributed by atoms with van der Waals surface area (Å²) in [4.78, 5) is 12.5. The summed E-state index contributed by atoms with van der Waals surface area (Å²) in [6.45, 7) is 7.11. The number of fused-ring (bicyclic) bond motifs is 6. The largest absolute Gasteiger partial charge is 0.399 e. The van der Waals surface area contributed by atoms with Crippen LogP contribution >= 0.6 is 0 Å². The van der Waals surface area contributed by atoms with E-state index < -0.39 is 0 Å². The van der Waals surface area contributed by atoms with Gasteiger partial charge in [-0.15, -0.1) is 0 Å². The van der Waals surface area contributed by atoms with Crippen LogP contribution in [0.1, 0.15) is 20.8 Å². The first-order valence-electron chi connectivity index (χ1n) is 20.0. The summed E-state index contributed by atoms with van der Waals surface area (Å²) in [5.41, 5.74) is 27.1. The fourth-order valence-electron chi connectivity index (χ4n) is 8.02. The van der Waals surface area contributed by atoms with E-state index >= 15 is 0 Å². The van der Waals surface area contributed by atoms with Gasteiger partial charge in [0.15, 0.2) is 0 Å². The second kappa shape index (κ2) is 15.5. The Labute approximate surface area is 341 Å². The number of nitrogen functional groups attached to an aromatic ring is 2. The van der Waals surface area contributed by atoms with Crippen LogP contribution in [0.3, 0.4) is 0 Å². The Kier molecular flexibility index (Phi) is 10.1. The topological polar surface area (TPSA) is 85.7 Å². The molecule has 58 heavy (non-hydrogen) atoms. The molecule has 0 saturated heterocycles. The molecule has 0 aliphatic heterocycles. The maximum absolute atomic E-state index is 5.97. The van der Waals surface area contributed by atoms with Crippen LogP contribution in [-0.4, -0.2) is 37.7 Å². The highest BCUT2D eigenvalue weighted by Gasteiger charge is 2.16. The number of nitrogens with one attached hydrogen (secondary N) is 1. The fraction of sp³-hybridized carbons (Fsp3) is 0.160. The van der Waals surface area contributed by atoms with E-state index in [0.29, 0.717) is 0 Å². The lowest BCUT2D eigenvalue weighted by atomic mass is 10.1. The van der Waals surface area contributed by atoms with Crippen LogP contribution in [0.2, 0.25) is 0 Å². The predicted molar refractivity (Wildman–Crippen MR) is 253 cm³/mol. The second-order valence-corrected chi connectivity index (χ2v) is 14.7. The Balaban J connectivity index is 0.00000231. The molecular weight excluding hydrogens is 713 g/mol. The van der Waals surface area contributed by atoms with Gasteiger partial charge in [0.1, 0.15) is 0 Å². The lowest BCUT2D eigenvalue weighted by Gasteiger charge is -2.23. The highest BCUT2D eigenvalue weighted by Crippen LogP contribution is 2.39. The maximum atomic E-state index is 5.97. The zero-order valence-electron chi connectivity index (χ0n) is 34.5. The van der Waals surface area contributed by atoms with E-state index in [1.54, 1.807) is 0 Å². The number of aromatic amines is 1. The standard InChI is InChI=1S/C48H46N8.C2H6/c1-6-56-47-25-21-39(53(3)34-13-9-32(50)10-14-34)29-43(47)44-30-40(22-26-48(44)56)55(5)36-17-15-35(16-18-36)54(4)38-20-24-46-42(28-38)41-27-37(19-23-45(41)51-46)52(2)33-11-7-31(49)8-12-33;1-2/h7-30,51H,6,49-50H2,1-5H3;1-2H3. The van der Waals surface area contributed by atoms with Gasteiger partial charge in [-0.25, -0.2) is 0 Å². The van der Waals surface area contributed by atoms with Crippen LogP contribution in [0, 0.1) is 0 Å². The van der Waals surface area contributed by atoms with Crippen molar-refractivity contribution in [1.29, 1.82) is 0 Å². The summed E-state index contributed by atoms with van der Waals surface area (Å²) >= 11 is 0. The molecule has 0 unspecified atom stereocenters. The Morgan fingerprint density at radius 3 is 1.00 bits per heavy atom. The average Bonchev–Trinajstić information content (AvgIpc) is 3.80. The van der Waals surface area contributed by atoms with Crippen molar-refractivity contribution in [3.63, 3.8) is 0 Å². The van der Waals surface area contributed by atoms with Crippen LogP contribution in [0.4, 0.5) is 56.9 Å². The van der Waals surface area contributed by atoms with E-state index in [0.717, 1.165) is 74.5 Å². The number of H-pyrrole nitrogens is 1. The lowest BCUT2D eigenvalue weighted by molar-refractivity contribution is 0.827. The summed E-state index contributed by atoms with van der Waals surface area (Å²) in [7, 11) is 8.46. The van der Waals surface area contributed by atoms with Crippen molar-refractivity contribution in [2.75, 3.05) is 59.3 Å². The number of aryl methyl sites for hydroxylation is 1. The summed E-state index contributed by atoms with van der Waals surface area (Å²) in [5, 5.41) is 4.87. The number of benzene rings is 7. The molecule has 0 radical (unpaired) electrons. The van der Waals surface area contributed by atoms with Crippen molar-refractivity contribution in [2.45, 2.75) is 27.3 Å². The monoisotopic (exact) mass is 764 g/mol. The van der Waals surface area contributed by atoms with Crippen LogP contribution in [-0.2, 0) is 6.54 Å². The maximum Gasteiger partial charge on any atom is 0.0492 e. The number of hydrogen-bond acceptors (Lipinski definition) is 6. The van der Waals surface area contributed by atoms with Crippen molar-refractivity contribution < 1.29 is 0 Å². The Bertz CT molecular complexity index is 2870. The van der Waals surface area contributed by atoms with Gasteiger partial charge in [-0.2, -0.15) is 0 Å². The molecule has 292 valence electrons. The van der Waals surface area contributed by atoms with Gasteiger partial charge in [0.05, 0.1) is 0 Å². The molecule has 0 bridgehead atoms. The number of hydrogen-bond donors (Lipinski definition) is 3. The van der Waals surface area contributed by atoms with Gasteiger partial charge in [-0.3, -0.25) is 0 Å². The van der Waals surface area contributed by atoms with E-state index in [-0.39, 0.29) is 0 Å². The smallest absolute Gasteiger partial charge is 0.0492 e. The first kappa shape index (κ1) is 37.8. The first-order chi connectivity index (χ1) is 28.2. The number of nitrogens with zero attached hydrogens (tertiary/aromatic N) is 5. The Morgan fingerprint density at radius 2 is 0.672 bits per heavy atom. The summed E-state index contributed by atoms with van der Waals surface area (Å²) in [6, 6.07) is 51.6. The first-order valence-corrected chi connectivity index (χ1v) is 20.0.